The van der Waals surface area contributed by atoms with Gasteiger partial charge in [0.2, 0.25) is 17.7 Å². The zero-order valence-electron chi connectivity index (χ0n) is 56.9. The molecule has 32 heteroatoms. The number of ether oxygens (including phenoxy) is 1. The van der Waals surface area contributed by atoms with Gasteiger partial charge >= 0.3 is 0 Å². The number of nitrogens with zero attached hydrogens (tertiary/aromatic N) is 8. The highest BCUT2D eigenvalue weighted by atomic mass is 16.5. The zero-order chi connectivity index (χ0) is 72.8. The van der Waals surface area contributed by atoms with E-state index in [2.05, 4.69) is 62.5 Å². The van der Waals surface area contributed by atoms with Crippen molar-refractivity contribution >= 4 is 70.3 Å². The lowest BCUT2D eigenvalue weighted by Gasteiger charge is -2.31. The number of fused-ring (bicyclic) bond motifs is 17. The molecule has 0 saturated heterocycles. The van der Waals surface area contributed by atoms with E-state index in [9.17, 15) is 58.8 Å². The Labute approximate surface area is 593 Å². The quantitative estimate of drug-likeness (QED) is 0.0807. The standard InChI is InChI=1S/C71H86N18O14/c72-71-83-61-56(81-44-82-61)69(84-71)103-43-46-19-17-45(18-20-46)42-80-55(90)16-2-1-3-28-89-41-40-88-35-27-79-67(100)52-13-6-12-51(59(52)93)64(97)75-23-31-86(32-26-78-68(101)53-14-7-15-54(60(53)94)70(89)102)37-36-85-29-21-73-62(95)47-8-4-10-49(57(47)91)65(98)76-24-33-87(38-39-88)34-25-77-66(99)50-11-5-9-48(58(50)92)63(96)74-22-30-85/h4-15,17-20,44,91-94H,1-3,16,21-43H2,(H,73,95)(H,74,96)(H,75,97)(H,76,98)(H,77,99)(H,78,101)(H,79,100)(H,80,90)(H3,72,81,82,83,84). The number of nitrogen functional groups attached to an aromatic ring is 1. The number of aromatic amines is 1. The maximum Gasteiger partial charge on any atom is 0.257 e. The predicted octanol–water partition coefficient (Wildman–Crippen LogP) is 1.11. The van der Waals surface area contributed by atoms with Gasteiger partial charge < -0.3 is 83.3 Å². The Morgan fingerprint density at radius 2 is 0.786 bits per heavy atom. The molecule has 7 aromatic rings. The van der Waals surface area contributed by atoms with E-state index >= 15 is 4.79 Å². The highest BCUT2D eigenvalue weighted by Gasteiger charge is 2.28. The number of H-pyrrole nitrogens is 1. The third-order valence-corrected chi connectivity index (χ3v) is 18.0. The molecule has 9 amide bonds. The van der Waals surface area contributed by atoms with E-state index in [-0.39, 0.29) is 219 Å². The minimum atomic E-state index is -0.684. The number of para-hydroxylation sites is 4. The van der Waals surface area contributed by atoms with Crippen LogP contribution in [-0.2, 0) is 17.9 Å². The molecule has 15 N–H and O–H groups in total. The SMILES string of the molecule is Nc1nc(OCc2ccc(CNC(=O)CCCCCN3CCN4CCNC(=O)c5cccc(c5O)C(=O)NCCN(CCNC(=O)c5cccc(c5O)C3=O)CCN3CCNC(=O)c5cccc(c5O)C(=O)NCCN(CCNC(=O)c5cccc(c5O)C(=O)NCC3)CC4)cc2)c2nc[nH]c2n1. The first-order valence-corrected chi connectivity index (χ1v) is 34.3. The molecule has 6 heterocycles. The zero-order valence-corrected chi connectivity index (χ0v) is 56.9. The number of phenols is 4. The normalized spacial score (nSPS) is 19.3. The lowest BCUT2D eigenvalue weighted by molar-refractivity contribution is -0.121. The first-order chi connectivity index (χ1) is 49.9. The predicted molar refractivity (Wildman–Crippen MR) is 378 cm³/mol. The van der Waals surface area contributed by atoms with Gasteiger partial charge in [-0.3, -0.25) is 62.8 Å². The molecule has 0 spiro atoms. The number of nitrogens with two attached hydrogens (primary N) is 1. The summed E-state index contributed by atoms with van der Waals surface area (Å²) in [5, 5.41) is 69.2. The van der Waals surface area contributed by atoms with Gasteiger partial charge in [0.15, 0.2) is 11.2 Å². The summed E-state index contributed by atoms with van der Waals surface area (Å²) < 4.78 is 5.90. The number of aromatic hydroxyl groups is 4. The maximum atomic E-state index is 15.1. The number of anilines is 1. The number of hydrogen-bond acceptors (Lipinski definition) is 22. The summed E-state index contributed by atoms with van der Waals surface area (Å²) in [5.41, 5.74) is 7.16. The first-order valence-electron chi connectivity index (χ1n) is 34.3. The summed E-state index contributed by atoms with van der Waals surface area (Å²) in [6, 6.07) is 24.6. The minimum absolute atomic E-state index is 0.00257. The van der Waals surface area contributed by atoms with Crippen LogP contribution in [0, 0.1) is 0 Å². The van der Waals surface area contributed by atoms with Gasteiger partial charge in [-0.15, -0.1) is 0 Å². The van der Waals surface area contributed by atoms with Gasteiger partial charge in [0.25, 0.3) is 47.3 Å². The molecular formula is C71H86N18O14. The fourth-order valence-corrected chi connectivity index (χ4v) is 12.1. The summed E-state index contributed by atoms with van der Waals surface area (Å²) in [5.74, 6) is -7.41. The van der Waals surface area contributed by atoms with Crippen molar-refractivity contribution in [2.24, 2.45) is 0 Å². The molecule has 2 aromatic heterocycles. The lowest BCUT2D eigenvalue weighted by Crippen LogP contribution is -2.46. The van der Waals surface area contributed by atoms with Gasteiger partial charge in [-0.2, -0.15) is 9.97 Å². The molecule has 4 aliphatic heterocycles. The molecule has 0 radical (unpaired) electrons. The Morgan fingerprint density at radius 1 is 0.437 bits per heavy atom. The molecule has 544 valence electrons. The van der Waals surface area contributed by atoms with Gasteiger partial charge in [-0.05, 0) is 72.5 Å². The number of rotatable bonds is 11. The molecule has 2 unspecified atom stereocenters. The van der Waals surface area contributed by atoms with Crippen molar-refractivity contribution in [2.75, 3.05) is 143 Å². The largest absolute Gasteiger partial charge is 0.506 e. The molecule has 2 atom stereocenters. The second-order valence-corrected chi connectivity index (χ2v) is 24.9. The van der Waals surface area contributed by atoms with E-state index in [1.807, 2.05) is 43.9 Å². The summed E-state index contributed by atoms with van der Waals surface area (Å²) in [6.07, 6.45) is 3.03. The van der Waals surface area contributed by atoms with Crippen molar-refractivity contribution in [3.63, 3.8) is 0 Å². The van der Waals surface area contributed by atoms with E-state index in [0.717, 1.165) is 11.1 Å². The van der Waals surface area contributed by atoms with Crippen molar-refractivity contribution < 1.29 is 68.3 Å². The highest BCUT2D eigenvalue weighted by Crippen LogP contribution is 2.28. The Balaban J connectivity index is 0.924. The van der Waals surface area contributed by atoms with Crippen LogP contribution in [0.4, 0.5) is 5.95 Å². The average molecular weight is 1420 g/mol. The first kappa shape index (κ1) is 74.2. The topological polar surface area (TPSA) is 437 Å². The summed E-state index contributed by atoms with van der Waals surface area (Å²) >= 11 is 0. The number of carbonyl (C=O) groups excluding carboxylic acids is 9. The summed E-state index contributed by atoms with van der Waals surface area (Å²) in [7, 11) is 0. The molecule has 12 bridgehead atoms. The number of aromatic nitrogens is 4. The molecule has 0 fully saturated rings. The highest BCUT2D eigenvalue weighted by molar-refractivity contribution is 6.06. The van der Waals surface area contributed by atoms with Crippen LogP contribution >= 0.6 is 0 Å². The Morgan fingerprint density at radius 3 is 1.18 bits per heavy atom. The fourth-order valence-electron chi connectivity index (χ4n) is 12.1. The van der Waals surface area contributed by atoms with Crippen molar-refractivity contribution in [1.29, 1.82) is 0 Å². The number of nitrogens with one attached hydrogen (secondary N) is 9. The van der Waals surface area contributed by atoms with Crippen LogP contribution in [-0.4, -0.2) is 255 Å². The third-order valence-electron chi connectivity index (χ3n) is 18.0. The van der Waals surface area contributed by atoms with Crippen LogP contribution in [0.5, 0.6) is 28.9 Å². The van der Waals surface area contributed by atoms with Crippen LogP contribution in [0.15, 0.2) is 103 Å². The molecule has 0 saturated carbocycles. The number of unbranched alkanes of at least 4 members (excludes halogenated alkanes) is 2. The Hall–Kier alpha value is -11.5. The maximum absolute atomic E-state index is 15.1. The second kappa shape index (κ2) is 36.2. The third kappa shape index (κ3) is 20.2. The number of amides is 9. The van der Waals surface area contributed by atoms with Crippen LogP contribution in [0.1, 0.15) is 120 Å². The molecular weight excluding hydrogens is 1330 g/mol. The van der Waals surface area contributed by atoms with Crippen molar-refractivity contribution in [2.45, 2.75) is 38.8 Å². The number of carbonyl (C=O) groups is 9. The van der Waals surface area contributed by atoms with Crippen molar-refractivity contribution in [3.8, 4) is 28.9 Å². The van der Waals surface area contributed by atoms with Crippen LogP contribution in [0.25, 0.3) is 11.2 Å². The van der Waals surface area contributed by atoms with Crippen LogP contribution in [0.3, 0.4) is 0 Å². The number of benzene rings is 5. The van der Waals surface area contributed by atoms with Gasteiger partial charge in [-0.1, -0.05) is 55.0 Å². The Kier molecular flexibility index (Phi) is 26.1. The van der Waals surface area contributed by atoms with Gasteiger partial charge in [-0.25, -0.2) is 4.98 Å². The molecule has 0 aliphatic carbocycles. The van der Waals surface area contributed by atoms with E-state index < -0.39 is 70.3 Å². The van der Waals surface area contributed by atoms with Gasteiger partial charge in [0.05, 0.1) is 50.8 Å². The molecule has 11 rings (SSSR count). The van der Waals surface area contributed by atoms with E-state index in [1.165, 1.54) is 79.1 Å². The number of imidazole rings is 1. The van der Waals surface area contributed by atoms with Crippen LogP contribution < -0.4 is 53.0 Å². The molecule has 103 heavy (non-hydrogen) atoms. The van der Waals surface area contributed by atoms with Crippen molar-refractivity contribution in [3.05, 3.63) is 159 Å². The minimum Gasteiger partial charge on any atom is -0.506 e. The van der Waals surface area contributed by atoms with E-state index in [0.29, 0.717) is 30.4 Å². The number of hydrogen-bond donors (Lipinski definition) is 14. The molecule has 5 aromatic carbocycles. The van der Waals surface area contributed by atoms with Crippen LogP contribution in [0.2, 0.25) is 0 Å². The van der Waals surface area contributed by atoms with E-state index in [1.54, 1.807) is 4.90 Å². The smallest absolute Gasteiger partial charge is 0.257 e. The lowest BCUT2D eigenvalue weighted by atomic mass is 10.1. The monoisotopic (exact) mass is 1410 g/mol. The fraction of sp³-hybridized carbons (Fsp3) is 0.380. The Bertz CT molecular complexity index is 4120. The summed E-state index contributed by atoms with van der Waals surface area (Å²) in [4.78, 5) is 150. The molecule has 32 nitrogen and oxygen atoms in total. The van der Waals surface area contributed by atoms with Gasteiger partial charge in [0, 0.05) is 150 Å². The molecule has 4 aliphatic rings. The average Bonchev–Trinajstić information content (AvgIpc) is 1.82. The van der Waals surface area contributed by atoms with Crippen molar-refractivity contribution in [1.82, 2.24) is 87.0 Å². The van der Waals surface area contributed by atoms with E-state index in [4.69, 9.17) is 10.5 Å². The second-order valence-electron chi connectivity index (χ2n) is 24.9. The summed E-state index contributed by atoms with van der Waals surface area (Å²) in [6.45, 7) is 2.55. The number of phenolic OH excluding ortho intramolecular Hbond substituents is 4. The van der Waals surface area contributed by atoms with Gasteiger partial charge in [0.1, 0.15) is 29.6 Å².